The Morgan fingerprint density at radius 2 is 2.14 bits per heavy atom. The first kappa shape index (κ1) is 11.9. The Hall–Kier alpha value is -0.170. The molecule has 0 saturated carbocycles. The topological polar surface area (TPSA) is 86.6 Å². The van der Waals surface area contributed by atoms with Crippen LogP contribution in [-0.2, 0) is 9.84 Å². The zero-order chi connectivity index (χ0) is 10.8. The maximum atomic E-state index is 11.1. The third-order valence-electron chi connectivity index (χ3n) is 2.49. The van der Waals surface area contributed by atoms with Gasteiger partial charge in [-0.2, -0.15) is 0 Å². The van der Waals surface area contributed by atoms with Crippen LogP contribution in [0, 0.1) is 0 Å². The van der Waals surface area contributed by atoms with Gasteiger partial charge in [-0.15, -0.1) is 0 Å². The number of rotatable bonds is 4. The Morgan fingerprint density at radius 3 is 2.50 bits per heavy atom. The van der Waals surface area contributed by atoms with E-state index in [1.807, 2.05) is 6.92 Å². The van der Waals surface area contributed by atoms with Gasteiger partial charge in [-0.3, -0.25) is 0 Å². The lowest BCUT2D eigenvalue weighted by atomic mass is 10.1. The van der Waals surface area contributed by atoms with Crippen molar-refractivity contribution in [3.63, 3.8) is 0 Å². The van der Waals surface area contributed by atoms with Crippen molar-refractivity contribution in [1.29, 1.82) is 0 Å². The molecule has 5 nitrogen and oxygen atoms in total. The summed E-state index contributed by atoms with van der Waals surface area (Å²) in [5.41, 5.74) is 0. The monoisotopic (exact) mass is 223 g/mol. The Morgan fingerprint density at radius 1 is 1.50 bits per heavy atom. The van der Waals surface area contributed by atoms with Gasteiger partial charge < -0.3 is 15.5 Å². The number of nitrogens with one attached hydrogen (secondary N) is 1. The van der Waals surface area contributed by atoms with E-state index in [1.54, 1.807) is 0 Å². The minimum absolute atomic E-state index is 0.0370. The Bertz CT molecular complexity index is 273. The molecule has 0 aromatic heterocycles. The number of aliphatic hydroxyl groups excluding tert-OH is 2. The van der Waals surface area contributed by atoms with E-state index in [4.69, 9.17) is 5.11 Å². The van der Waals surface area contributed by atoms with Crippen LogP contribution in [0.1, 0.15) is 13.3 Å². The standard InChI is InChI=1S/C8H17NO4S/c1-2-6(3-10)9-7-4-14(12,13)5-8(7)11/h6-11H,2-5H2,1H3/t6?,7-,8-/m1/s1. The van der Waals surface area contributed by atoms with Crippen molar-refractivity contribution in [1.82, 2.24) is 5.32 Å². The van der Waals surface area contributed by atoms with E-state index < -0.39 is 22.0 Å². The van der Waals surface area contributed by atoms with Gasteiger partial charge in [0.05, 0.1) is 24.2 Å². The van der Waals surface area contributed by atoms with Crippen molar-refractivity contribution in [3.05, 3.63) is 0 Å². The normalized spacial score (nSPS) is 33.1. The van der Waals surface area contributed by atoms with Crippen molar-refractivity contribution < 1.29 is 18.6 Å². The predicted molar refractivity (Wildman–Crippen MR) is 52.7 cm³/mol. The Kier molecular flexibility index (Phi) is 3.88. The number of hydrogen-bond acceptors (Lipinski definition) is 5. The molecule has 0 bridgehead atoms. The zero-order valence-corrected chi connectivity index (χ0v) is 9.00. The van der Waals surface area contributed by atoms with Gasteiger partial charge in [0.25, 0.3) is 0 Å². The second kappa shape index (κ2) is 4.57. The van der Waals surface area contributed by atoms with E-state index in [0.717, 1.165) is 0 Å². The lowest BCUT2D eigenvalue weighted by Crippen LogP contribution is -2.46. The van der Waals surface area contributed by atoms with Crippen molar-refractivity contribution in [3.8, 4) is 0 Å². The van der Waals surface area contributed by atoms with E-state index in [1.165, 1.54) is 0 Å². The highest BCUT2D eigenvalue weighted by Gasteiger charge is 2.36. The summed E-state index contributed by atoms with van der Waals surface area (Å²) in [6.07, 6.45) is -0.139. The first-order valence-electron chi connectivity index (χ1n) is 4.74. The minimum atomic E-state index is -3.10. The summed E-state index contributed by atoms with van der Waals surface area (Å²) < 4.78 is 22.3. The van der Waals surface area contributed by atoms with Crippen LogP contribution in [0.4, 0.5) is 0 Å². The second-order valence-electron chi connectivity index (χ2n) is 3.71. The van der Waals surface area contributed by atoms with Gasteiger partial charge >= 0.3 is 0 Å². The van der Waals surface area contributed by atoms with Gasteiger partial charge in [0, 0.05) is 12.1 Å². The van der Waals surface area contributed by atoms with Gasteiger partial charge in [-0.1, -0.05) is 6.92 Å². The first-order valence-corrected chi connectivity index (χ1v) is 6.56. The van der Waals surface area contributed by atoms with Crippen LogP contribution in [0.25, 0.3) is 0 Å². The quantitative estimate of drug-likeness (QED) is 0.540. The van der Waals surface area contributed by atoms with Crippen LogP contribution in [0.3, 0.4) is 0 Å². The molecule has 0 aromatic carbocycles. The molecule has 1 unspecified atom stereocenters. The molecule has 1 saturated heterocycles. The molecule has 3 N–H and O–H groups in total. The van der Waals surface area contributed by atoms with Crippen molar-refractivity contribution in [2.75, 3.05) is 18.1 Å². The Balaban J connectivity index is 2.54. The molecule has 3 atom stereocenters. The highest BCUT2D eigenvalue weighted by atomic mass is 32.2. The fraction of sp³-hybridized carbons (Fsp3) is 1.00. The first-order chi connectivity index (χ1) is 6.48. The summed E-state index contributed by atoms with van der Waals surface area (Å²) in [5, 5.41) is 21.3. The van der Waals surface area contributed by atoms with Crippen LogP contribution < -0.4 is 5.32 Å². The third-order valence-corrected chi connectivity index (χ3v) is 4.20. The van der Waals surface area contributed by atoms with Crippen molar-refractivity contribution in [2.24, 2.45) is 0 Å². The van der Waals surface area contributed by atoms with E-state index >= 15 is 0 Å². The summed E-state index contributed by atoms with van der Waals surface area (Å²) in [6, 6.07) is -0.569. The van der Waals surface area contributed by atoms with E-state index in [-0.39, 0.29) is 24.2 Å². The van der Waals surface area contributed by atoms with Crippen molar-refractivity contribution in [2.45, 2.75) is 31.5 Å². The second-order valence-corrected chi connectivity index (χ2v) is 5.86. The smallest absolute Gasteiger partial charge is 0.154 e. The van der Waals surface area contributed by atoms with Crippen LogP contribution in [0.5, 0.6) is 0 Å². The maximum Gasteiger partial charge on any atom is 0.154 e. The lowest BCUT2D eigenvalue weighted by molar-refractivity contribution is 0.144. The molecule has 1 fully saturated rings. The fourth-order valence-corrected chi connectivity index (χ4v) is 3.34. The van der Waals surface area contributed by atoms with Crippen LogP contribution in [0.15, 0.2) is 0 Å². The van der Waals surface area contributed by atoms with Crippen LogP contribution >= 0.6 is 0 Å². The molecule has 6 heteroatoms. The number of aliphatic hydroxyl groups is 2. The zero-order valence-electron chi connectivity index (χ0n) is 8.18. The molecule has 1 aliphatic heterocycles. The summed E-state index contributed by atoms with van der Waals surface area (Å²) in [4.78, 5) is 0. The Labute approximate surface area is 84.1 Å². The number of sulfone groups is 1. The highest BCUT2D eigenvalue weighted by molar-refractivity contribution is 7.91. The predicted octanol–water partition coefficient (Wildman–Crippen LogP) is -1.50. The SMILES string of the molecule is CCC(CO)N[C@@H]1CS(=O)(=O)C[C@H]1O. The molecule has 1 aliphatic rings. The molecule has 0 aromatic rings. The summed E-state index contributed by atoms with van der Waals surface area (Å²) in [6.45, 7) is 1.85. The van der Waals surface area contributed by atoms with Gasteiger partial charge in [0.15, 0.2) is 9.84 Å². The van der Waals surface area contributed by atoms with E-state index in [2.05, 4.69) is 5.32 Å². The average molecular weight is 223 g/mol. The molecule has 1 heterocycles. The average Bonchev–Trinajstić information content (AvgIpc) is 2.35. The van der Waals surface area contributed by atoms with Crippen molar-refractivity contribution >= 4 is 9.84 Å². The summed E-state index contributed by atoms with van der Waals surface area (Å²) in [5.74, 6) is -0.211. The molecular formula is C8H17NO4S. The molecule has 0 spiro atoms. The minimum Gasteiger partial charge on any atom is -0.395 e. The van der Waals surface area contributed by atoms with Gasteiger partial charge in [-0.05, 0) is 6.42 Å². The molecule has 1 rings (SSSR count). The highest BCUT2D eigenvalue weighted by Crippen LogP contribution is 2.13. The van der Waals surface area contributed by atoms with Crippen LogP contribution in [-0.4, -0.2) is 54.9 Å². The lowest BCUT2D eigenvalue weighted by Gasteiger charge is -2.21. The molecular weight excluding hydrogens is 206 g/mol. The van der Waals surface area contributed by atoms with Gasteiger partial charge in [0.1, 0.15) is 0 Å². The maximum absolute atomic E-state index is 11.1. The van der Waals surface area contributed by atoms with E-state index in [0.29, 0.717) is 6.42 Å². The fourth-order valence-electron chi connectivity index (χ4n) is 1.59. The molecule has 84 valence electrons. The molecule has 0 aliphatic carbocycles. The molecule has 0 radical (unpaired) electrons. The molecule has 0 amide bonds. The summed E-state index contributed by atoms with van der Waals surface area (Å²) >= 11 is 0. The van der Waals surface area contributed by atoms with Gasteiger partial charge in [0.2, 0.25) is 0 Å². The number of hydrogen-bond donors (Lipinski definition) is 3. The molecule has 14 heavy (non-hydrogen) atoms. The van der Waals surface area contributed by atoms with Crippen LogP contribution in [0.2, 0.25) is 0 Å². The van der Waals surface area contributed by atoms with E-state index in [9.17, 15) is 13.5 Å². The summed E-state index contributed by atoms with van der Waals surface area (Å²) in [7, 11) is -3.10. The largest absolute Gasteiger partial charge is 0.395 e. The van der Waals surface area contributed by atoms with Gasteiger partial charge in [-0.25, -0.2) is 8.42 Å². The third kappa shape index (κ3) is 2.91.